The predicted molar refractivity (Wildman–Crippen MR) is 60.6 cm³/mol. The van der Waals surface area contributed by atoms with Crippen molar-refractivity contribution in [2.75, 3.05) is 5.32 Å². The molecule has 0 spiro atoms. The molecule has 14 heavy (non-hydrogen) atoms. The van der Waals surface area contributed by atoms with E-state index >= 15 is 0 Å². The summed E-state index contributed by atoms with van der Waals surface area (Å²) in [6.07, 6.45) is 5.67. The highest BCUT2D eigenvalue weighted by Gasteiger charge is 2.06. The van der Waals surface area contributed by atoms with Crippen molar-refractivity contribution in [1.29, 1.82) is 0 Å². The van der Waals surface area contributed by atoms with Crippen molar-refractivity contribution < 1.29 is 0 Å². The molecule has 80 valence electrons. The van der Waals surface area contributed by atoms with Crippen LogP contribution in [0.4, 0.5) is 5.69 Å². The van der Waals surface area contributed by atoms with E-state index in [0.717, 1.165) is 5.69 Å². The van der Waals surface area contributed by atoms with Gasteiger partial charge in [0, 0.05) is 13.1 Å². The lowest BCUT2D eigenvalue weighted by atomic mass is 10.1. The first kappa shape index (κ1) is 11.1. The molecule has 1 aromatic rings. The molecule has 0 aliphatic heterocycles. The van der Waals surface area contributed by atoms with Crippen LogP contribution in [0.15, 0.2) is 6.20 Å². The molecule has 0 fully saturated rings. The molecule has 3 heteroatoms. The van der Waals surface area contributed by atoms with Gasteiger partial charge < -0.3 is 5.32 Å². The van der Waals surface area contributed by atoms with E-state index in [1.165, 1.54) is 25.0 Å². The lowest BCUT2D eigenvalue weighted by Gasteiger charge is -2.13. The largest absolute Gasteiger partial charge is 0.380 e. The molecular formula is C11H21N3. The molecule has 0 radical (unpaired) electrons. The van der Waals surface area contributed by atoms with E-state index in [0.29, 0.717) is 6.04 Å². The molecule has 0 aliphatic carbocycles. The number of anilines is 1. The summed E-state index contributed by atoms with van der Waals surface area (Å²) >= 11 is 0. The fourth-order valence-corrected chi connectivity index (χ4v) is 1.49. The van der Waals surface area contributed by atoms with Gasteiger partial charge in [0.25, 0.3) is 0 Å². The van der Waals surface area contributed by atoms with Gasteiger partial charge in [-0.05, 0) is 20.3 Å². The highest BCUT2D eigenvalue weighted by Crippen LogP contribution is 2.15. The lowest BCUT2D eigenvalue weighted by molar-refractivity contribution is 0.644. The van der Waals surface area contributed by atoms with Gasteiger partial charge in [0.1, 0.15) is 0 Å². The topological polar surface area (TPSA) is 29.9 Å². The fraction of sp³-hybridized carbons (Fsp3) is 0.727. The van der Waals surface area contributed by atoms with Crippen LogP contribution in [0.2, 0.25) is 0 Å². The SMILES string of the molecule is CCCCC(C)Nc1cnn(C)c1C. The van der Waals surface area contributed by atoms with Gasteiger partial charge >= 0.3 is 0 Å². The number of aromatic nitrogens is 2. The molecule has 0 aliphatic rings. The van der Waals surface area contributed by atoms with Crippen LogP contribution in [0.5, 0.6) is 0 Å². The maximum atomic E-state index is 4.20. The number of hydrogen-bond donors (Lipinski definition) is 1. The van der Waals surface area contributed by atoms with E-state index in [2.05, 4.69) is 31.2 Å². The quantitative estimate of drug-likeness (QED) is 0.783. The van der Waals surface area contributed by atoms with Crippen LogP contribution in [0.1, 0.15) is 38.8 Å². The Morgan fingerprint density at radius 3 is 2.79 bits per heavy atom. The first-order valence-corrected chi connectivity index (χ1v) is 5.40. The van der Waals surface area contributed by atoms with Gasteiger partial charge in [-0.2, -0.15) is 5.10 Å². The van der Waals surface area contributed by atoms with E-state index in [1.54, 1.807) is 0 Å². The summed E-state index contributed by atoms with van der Waals surface area (Å²) in [6, 6.07) is 0.540. The minimum Gasteiger partial charge on any atom is -0.380 e. The molecule has 0 saturated carbocycles. The lowest BCUT2D eigenvalue weighted by Crippen LogP contribution is -2.15. The third kappa shape index (κ3) is 2.76. The van der Waals surface area contributed by atoms with E-state index in [-0.39, 0.29) is 0 Å². The molecule has 1 heterocycles. The normalized spacial score (nSPS) is 12.9. The van der Waals surface area contributed by atoms with Gasteiger partial charge in [-0.1, -0.05) is 19.8 Å². The molecular weight excluding hydrogens is 174 g/mol. The summed E-state index contributed by atoms with van der Waals surface area (Å²) in [5.41, 5.74) is 2.37. The molecule has 1 unspecified atom stereocenters. The summed E-state index contributed by atoms with van der Waals surface area (Å²) < 4.78 is 1.90. The van der Waals surface area contributed by atoms with Crippen LogP contribution in [-0.4, -0.2) is 15.8 Å². The monoisotopic (exact) mass is 195 g/mol. The van der Waals surface area contributed by atoms with E-state index in [9.17, 15) is 0 Å². The Balaban J connectivity index is 2.47. The number of aryl methyl sites for hydroxylation is 1. The maximum absolute atomic E-state index is 4.20. The Bertz CT molecular complexity index is 278. The van der Waals surface area contributed by atoms with Crippen molar-refractivity contribution in [3.63, 3.8) is 0 Å². The molecule has 1 aromatic heterocycles. The second-order valence-corrected chi connectivity index (χ2v) is 3.95. The van der Waals surface area contributed by atoms with E-state index < -0.39 is 0 Å². The first-order valence-electron chi connectivity index (χ1n) is 5.40. The second kappa shape index (κ2) is 5.03. The van der Waals surface area contributed by atoms with Crippen LogP contribution in [0, 0.1) is 6.92 Å². The average Bonchev–Trinajstić information content (AvgIpc) is 2.46. The second-order valence-electron chi connectivity index (χ2n) is 3.95. The highest BCUT2D eigenvalue weighted by atomic mass is 15.3. The zero-order valence-electron chi connectivity index (χ0n) is 9.67. The van der Waals surface area contributed by atoms with Gasteiger partial charge in [0.15, 0.2) is 0 Å². The van der Waals surface area contributed by atoms with Crippen LogP contribution in [0.3, 0.4) is 0 Å². The zero-order chi connectivity index (χ0) is 10.6. The van der Waals surface area contributed by atoms with Gasteiger partial charge in [0.05, 0.1) is 17.6 Å². The Morgan fingerprint density at radius 1 is 1.57 bits per heavy atom. The minimum atomic E-state index is 0.540. The zero-order valence-corrected chi connectivity index (χ0v) is 9.67. The molecule has 0 amide bonds. The standard InChI is InChI=1S/C11H21N3/c1-5-6-7-9(2)13-11-8-12-14(4)10(11)3/h8-9,13H,5-7H2,1-4H3. The number of hydrogen-bond acceptors (Lipinski definition) is 2. The van der Waals surface area contributed by atoms with Crippen molar-refractivity contribution in [2.45, 2.75) is 46.1 Å². The van der Waals surface area contributed by atoms with Gasteiger partial charge in [0.2, 0.25) is 0 Å². The van der Waals surface area contributed by atoms with Crippen LogP contribution >= 0.6 is 0 Å². The van der Waals surface area contributed by atoms with Crippen LogP contribution in [0.25, 0.3) is 0 Å². The summed E-state index contributed by atoms with van der Waals surface area (Å²) in [4.78, 5) is 0. The Morgan fingerprint density at radius 2 is 2.29 bits per heavy atom. The number of rotatable bonds is 5. The number of unbranched alkanes of at least 4 members (excludes halogenated alkanes) is 1. The molecule has 3 nitrogen and oxygen atoms in total. The third-order valence-electron chi connectivity index (χ3n) is 2.63. The van der Waals surface area contributed by atoms with Crippen molar-refractivity contribution in [2.24, 2.45) is 7.05 Å². The molecule has 0 aromatic carbocycles. The summed E-state index contributed by atoms with van der Waals surface area (Å²) in [5, 5.41) is 7.69. The van der Waals surface area contributed by atoms with Crippen molar-refractivity contribution >= 4 is 5.69 Å². The van der Waals surface area contributed by atoms with Crippen molar-refractivity contribution in [3.05, 3.63) is 11.9 Å². The Hall–Kier alpha value is -0.990. The van der Waals surface area contributed by atoms with Crippen LogP contribution in [-0.2, 0) is 7.05 Å². The Labute approximate surface area is 86.5 Å². The van der Waals surface area contributed by atoms with Gasteiger partial charge in [-0.15, -0.1) is 0 Å². The molecule has 1 N–H and O–H groups in total. The van der Waals surface area contributed by atoms with Gasteiger partial charge in [-0.25, -0.2) is 0 Å². The summed E-state index contributed by atoms with van der Waals surface area (Å²) in [6.45, 7) is 6.53. The smallest absolute Gasteiger partial charge is 0.0758 e. The van der Waals surface area contributed by atoms with E-state index in [1.807, 2.05) is 17.9 Å². The molecule has 1 rings (SSSR count). The number of nitrogens with zero attached hydrogens (tertiary/aromatic N) is 2. The average molecular weight is 195 g/mol. The summed E-state index contributed by atoms with van der Waals surface area (Å²) in [5.74, 6) is 0. The number of nitrogens with one attached hydrogen (secondary N) is 1. The first-order chi connectivity index (χ1) is 6.65. The predicted octanol–water partition coefficient (Wildman–Crippen LogP) is 2.72. The van der Waals surface area contributed by atoms with Crippen molar-refractivity contribution in [1.82, 2.24) is 9.78 Å². The van der Waals surface area contributed by atoms with E-state index in [4.69, 9.17) is 0 Å². The molecule has 0 saturated heterocycles. The minimum absolute atomic E-state index is 0.540. The van der Waals surface area contributed by atoms with Crippen LogP contribution < -0.4 is 5.32 Å². The summed E-state index contributed by atoms with van der Waals surface area (Å²) in [7, 11) is 1.97. The maximum Gasteiger partial charge on any atom is 0.0758 e. The molecule has 1 atom stereocenters. The van der Waals surface area contributed by atoms with Gasteiger partial charge in [-0.3, -0.25) is 4.68 Å². The Kier molecular flexibility index (Phi) is 3.98. The highest BCUT2D eigenvalue weighted by molar-refractivity contribution is 5.46. The third-order valence-corrected chi connectivity index (χ3v) is 2.63. The fourth-order valence-electron chi connectivity index (χ4n) is 1.49. The molecule has 0 bridgehead atoms. The van der Waals surface area contributed by atoms with Crippen molar-refractivity contribution in [3.8, 4) is 0 Å².